The Bertz CT molecular complexity index is 845. The van der Waals surface area contributed by atoms with Gasteiger partial charge < -0.3 is 0 Å². The third-order valence-corrected chi connectivity index (χ3v) is 3.09. The quantitative estimate of drug-likeness (QED) is 0.599. The molecule has 4 aromatic rings. The highest BCUT2D eigenvalue weighted by Crippen LogP contribution is 2.19. The zero-order chi connectivity index (χ0) is 13.4. The lowest BCUT2D eigenvalue weighted by molar-refractivity contribution is 0.824. The second kappa shape index (κ2) is 4.27. The molecule has 1 radical (unpaired) electrons. The van der Waals surface area contributed by atoms with Gasteiger partial charge in [-0.25, -0.2) is 9.67 Å². The molecule has 0 aliphatic carbocycles. The van der Waals surface area contributed by atoms with Crippen molar-refractivity contribution >= 4 is 11.0 Å². The van der Waals surface area contributed by atoms with Crippen LogP contribution in [0.15, 0.2) is 48.8 Å². The Morgan fingerprint density at radius 2 is 2.00 bits per heavy atom. The summed E-state index contributed by atoms with van der Waals surface area (Å²) in [4.78, 5) is 4.12. The molecule has 0 saturated heterocycles. The van der Waals surface area contributed by atoms with Crippen LogP contribution >= 0.6 is 0 Å². The van der Waals surface area contributed by atoms with E-state index in [0.29, 0.717) is 0 Å². The van der Waals surface area contributed by atoms with Gasteiger partial charge in [0.05, 0.1) is 11.2 Å². The monoisotopic (exact) mass is 261 g/mol. The maximum absolute atomic E-state index is 4.17. The number of hydrogen-bond acceptors (Lipinski definition) is 4. The minimum atomic E-state index is 0.745. The topological polar surface area (TPSA) is 72.3 Å². The third kappa shape index (κ3) is 1.66. The Morgan fingerprint density at radius 3 is 2.80 bits per heavy atom. The molecule has 0 bridgehead atoms. The standard InChI is InChI=1S/C14H9N6/c1-2-4-13-12(3-1)17-19-20(13)11-7-5-10(6-8-11)14-15-9-16-18-14/h2-9H,(H,15,16,18). The van der Waals surface area contributed by atoms with Gasteiger partial charge in [0, 0.05) is 5.56 Å². The zero-order valence-corrected chi connectivity index (χ0v) is 10.4. The summed E-state index contributed by atoms with van der Waals surface area (Å²) < 4.78 is 1.80. The lowest BCUT2D eigenvalue weighted by Gasteiger charge is -2.03. The number of aromatic nitrogens is 6. The number of nitrogens with zero attached hydrogens (tertiary/aromatic N) is 5. The molecular formula is C14H9N6. The summed E-state index contributed by atoms with van der Waals surface area (Å²) >= 11 is 0. The maximum atomic E-state index is 4.17. The Morgan fingerprint density at radius 1 is 1.10 bits per heavy atom. The zero-order valence-electron chi connectivity index (χ0n) is 10.4. The van der Waals surface area contributed by atoms with Crippen molar-refractivity contribution in [1.82, 2.24) is 30.2 Å². The van der Waals surface area contributed by atoms with Crippen LogP contribution in [-0.2, 0) is 0 Å². The molecule has 20 heavy (non-hydrogen) atoms. The smallest absolute Gasteiger partial charge is 0.155 e. The molecule has 0 fully saturated rings. The van der Waals surface area contributed by atoms with Crippen LogP contribution in [0.2, 0.25) is 0 Å². The van der Waals surface area contributed by atoms with Crippen LogP contribution in [0.5, 0.6) is 0 Å². The molecule has 6 heteroatoms. The first-order valence-corrected chi connectivity index (χ1v) is 6.09. The van der Waals surface area contributed by atoms with Gasteiger partial charge in [0.25, 0.3) is 0 Å². The number of rotatable bonds is 2. The fraction of sp³-hybridized carbons (Fsp3) is 0. The van der Waals surface area contributed by atoms with E-state index in [1.54, 1.807) is 4.68 Å². The molecule has 4 rings (SSSR count). The average molecular weight is 261 g/mol. The number of aromatic amines is 1. The van der Waals surface area contributed by atoms with Crippen molar-refractivity contribution < 1.29 is 0 Å². The summed E-state index contributed by atoms with van der Waals surface area (Å²) in [6, 6.07) is 16.5. The molecule has 0 spiro atoms. The van der Waals surface area contributed by atoms with Crippen LogP contribution in [-0.4, -0.2) is 30.2 Å². The molecule has 0 unspecified atom stereocenters. The lowest BCUT2D eigenvalue weighted by Crippen LogP contribution is -1.96. The van der Waals surface area contributed by atoms with Crippen molar-refractivity contribution in [2.24, 2.45) is 0 Å². The Balaban J connectivity index is 1.79. The van der Waals surface area contributed by atoms with Gasteiger partial charge in [-0.15, -0.1) is 5.10 Å². The van der Waals surface area contributed by atoms with Gasteiger partial charge in [-0.2, -0.15) is 5.10 Å². The van der Waals surface area contributed by atoms with E-state index in [1.807, 2.05) is 42.5 Å². The minimum Gasteiger partial charge on any atom is -0.259 e. The van der Waals surface area contributed by atoms with Crippen LogP contribution in [0.1, 0.15) is 0 Å². The first-order valence-electron chi connectivity index (χ1n) is 6.09. The van der Waals surface area contributed by atoms with Crippen molar-refractivity contribution in [3.05, 3.63) is 54.9 Å². The van der Waals surface area contributed by atoms with Crippen LogP contribution in [0.25, 0.3) is 28.1 Å². The summed E-state index contributed by atoms with van der Waals surface area (Å²) in [6.45, 7) is 0. The number of nitrogens with one attached hydrogen (secondary N) is 1. The molecule has 1 N–H and O–H groups in total. The molecule has 0 aliphatic rings. The fourth-order valence-corrected chi connectivity index (χ4v) is 2.11. The second-order valence-electron chi connectivity index (χ2n) is 4.30. The summed E-state index contributed by atoms with van der Waals surface area (Å²) in [6.07, 6.45) is 1.49. The highest BCUT2D eigenvalue weighted by Gasteiger charge is 2.06. The molecule has 95 valence electrons. The summed E-state index contributed by atoms with van der Waals surface area (Å²) in [7, 11) is 0. The van der Waals surface area contributed by atoms with Crippen LogP contribution < -0.4 is 0 Å². The Labute approximate surface area is 114 Å². The average Bonchev–Trinajstić information content (AvgIpc) is 3.17. The van der Waals surface area contributed by atoms with E-state index in [0.717, 1.165) is 28.1 Å². The molecule has 6 nitrogen and oxygen atoms in total. The molecule has 0 amide bonds. The SMILES string of the molecule is [c]1ccc2c(c1)nnn2-c1ccc(-c2ncn[nH]2)cc1. The molecule has 2 aromatic heterocycles. The van der Waals surface area contributed by atoms with Gasteiger partial charge in [-0.05, 0) is 42.5 Å². The predicted octanol–water partition coefficient (Wildman–Crippen LogP) is 2.01. The van der Waals surface area contributed by atoms with E-state index in [1.165, 1.54) is 6.33 Å². The van der Waals surface area contributed by atoms with E-state index in [4.69, 9.17) is 0 Å². The maximum Gasteiger partial charge on any atom is 0.155 e. The van der Waals surface area contributed by atoms with Crippen molar-refractivity contribution in [2.45, 2.75) is 0 Å². The van der Waals surface area contributed by atoms with Crippen LogP contribution in [0.3, 0.4) is 0 Å². The predicted molar refractivity (Wildman–Crippen MR) is 73.1 cm³/mol. The largest absolute Gasteiger partial charge is 0.259 e. The fourth-order valence-electron chi connectivity index (χ4n) is 2.11. The summed E-state index contributed by atoms with van der Waals surface area (Å²) in [5.41, 5.74) is 3.70. The van der Waals surface area contributed by atoms with Crippen LogP contribution in [0, 0.1) is 6.07 Å². The number of benzene rings is 2. The van der Waals surface area contributed by atoms with Gasteiger partial charge in [0.15, 0.2) is 5.82 Å². The van der Waals surface area contributed by atoms with Crippen molar-refractivity contribution in [1.29, 1.82) is 0 Å². The van der Waals surface area contributed by atoms with Gasteiger partial charge in [0.1, 0.15) is 11.8 Å². The lowest BCUT2D eigenvalue weighted by atomic mass is 10.2. The summed E-state index contributed by atoms with van der Waals surface area (Å²) in [5.74, 6) is 0.745. The summed E-state index contributed by atoms with van der Waals surface area (Å²) in [5, 5.41) is 15.0. The van der Waals surface area contributed by atoms with Gasteiger partial charge in [-0.1, -0.05) is 11.3 Å². The molecule has 0 saturated carbocycles. The Kier molecular flexibility index (Phi) is 2.32. The van der Waals surface area contributed by atoms with E-state index >= 15 is 0 Å². The molecule has 2 heterocycles. The van der Waals surface area contributed by atoms with Gasteiger partial charge in [0.2, 0.25) is 0 Å². The van der Waals surface area contributed by atoms with Crippen molar-refractivity contribution in [3.63, 3.8) is 0 Å². The molecule has 0 aliphatic heterocycles. The number of hydrogen-bond donors (Lipinski definition) is 1. The highest BCUT2D eigenvalue weighted by molar-refractivity contribution is 5.75. The first-order chi connectivity index (χ1) is 9.92. The van der Waals surface area contributed by atoms with Crippen LogP contribution in [0.4, 0.5) is 0 Å². The first kappa shape index (κ1) is 10.9. The minimum absolute atomic E-state index is 0.745. The van der Waals surface area contributed by atoms with E-state index < -0.39 is 0 Å². The van der Waals surface area contributed by atoms with Gasteiger partial charge in [-0.3, -0.25) is 5.10 Å². The molecule has 0 atom stereocenters. The molecule has 2 aromatic carbocycles. The van der Waals surface area contributed by atoms with Gasteiger partial charge >= 0.3 is 0 Å². The third-order valence-electron chi connectivity index (χ3n) is 3.09. The van der Waals surface area contributed by atoms with E-state index in [2.05, 4.69) is 31.6 Å². The highest BCUT2D eigenvalue weighted by atomic mass is 15.4. The van der Waals surface area contributed by atoms with E-state index in [9.17, 15) is 0 Å². The van der Waals surface area contributed by atoms with Crippen molar-refractivity contribution in [2.75, 3.05) is 0 Å². The molecular weight excluding hydrogens is 252 g/mol. The van der Waals surface area contributed by atoms with Crippen molar-refractivity contribution in [3.8, 4) is 17.1 Å². The Hall–Kier alpha value is -3.02. The normalized spacial score (nSPS) is 11.0. The number of H-pyrrole nitrogens is 1. The van der Waals surface area contributed by atoms with E-state index in [-0.39, 0.29) is 0 Å². The number of fused-ring (bicyclic) bond motifs is 1. The second-order valence-corrected chi connectivity index (χ2v) is 4.30.